The summed E-state index contributed by atoms with van der Waals surface area (Å²) in [7, 11) is 3.67. The fraction of sp³-hybridized carbons (Fsp3) is 0.500. The largest absolute Gasteiger partial charge is 0.478 e. The van der Waals surface area contributed by atoms with Crippen molar-refractivity contribution >= 4 is 5.97 Å². The summed E-state index contributed by atoms with van der Waals surface area (Å²) in [5, 5.41) is 17.3. The van der Waals surface area contributed by atoms with Crippen molar-refractivity contribution in [3.05, 3.63) is 35.4 Å². The molecule has 2 aromatic rings. The maximum atomic E-state index is 11.1. The fourth-order valence-corrected chi connectivity index (χ4v) is 2.55. The zero-order chi connectivity index (χ0) is 14.9. The monoisotopic (exact) mass is 276 g/mol. The van der Waals surface area contributed by atoms with Crippen LogP contribution in [0.5, 0.6) is 0 Å². The number of carbonyl (C=O) groups is 1. The van der Waals surface area contributed by atoms with Crippen LogP contribution in [0.25, 0.3) is 0 Å². The second-order valence-corrected chi connectivity index (χ2v) is 4.77. The van der Waals surface area contributed by atoms with Crippen molar-refractivity contribution in [1.82, 2.24) is 19.6 Å². The summed E-state index contributed by atoms with van der Waals surface area (Å²) in [6.07, 6.45) is 6.23. The van der Waals surface area contributed by atoms with E-state index < -0.39 is 5.97 Å². The summed E-state index contributed by atoms with van der Waals surface area (Å²) >= 11 is 0. The van der Waals surface area contributed by atoms with Crippen molar-refractivity contribution in [2.75, 3.05) is 0 Å². The van der Waals surface area contributed by atoms with Crippen molar-refractivity contribution < 1.29 is 9.90 Å². The number of aryl methyl sites for hydroxylation is 2. The van der Waals surface area contributed by atoms with Crippen LogP contribution in [0.4, 0.5) is 0 Å². The summed E-state index contributed by atoms with van der Waals surface area (Å²) in [6.45, 7) is 4.00. The molecule has 1 unspecified atom stereocenters. The Labute approximate surface area is 118 Å². The van der Waals surface area contributed by atoms with Gasteiger partial charge in [-0.25, -0.2) is 4.79 Å². The molecule has 1 aliphatic rings. The second-order valence-electron chi connectivity index (χ2n) is 4.77. The van der Waals surface area contributed by atoms with Crippen LogP contribution in [0.2, 0.25) is 0 Å². The van der Waals surface area contributed by atoms with Gasteiger partial charge in [-0.1, -0.05) is 13.8 Å². The molecule has 0 bridgehead atoms. The first-order valence-corrected chi connectivity index (χ1v) is 6.81. The van der Waals surface area contributed by atoms with Crippen LogP contribution in [-0.4, -0.2) is 30.6 Å². The average Bonchev–Trinajstić information content (AvgIpc) is 2.92. The number of nitrogens with zero attached hydrogens (tertiary/aromatic N) is 4. The molecule has 0 aliphatic heterocycles. The Kier molecular flexibility index (Phi) is 3.92. The van der Waals surface area contributed by atoms with Crippen LogP contribution in [0.1, 0.15) is 53.7 Å². The molecule has 0 spiro atoms. The summed E-state index contributed by atoms with van der Waals surface area (Å²) in [4.78, 5) is 11.1. The molecule has 108 valence electrons. The lowest BCUT2D eigenvalue weighted by Crippen LogP contribution is -2.04. The molecular weight excluding hydrogens is 256 g/mol. The Balaban J connectivity index is 0.000000704. The Morgan fingerprint density at radius 2 is 1.95 bits per heavy atom. The molecule has 2 heterocycles. The number of carboxylic acids is 1. The molecule has 1 saturated carbocycles. The van der Waals surface area contributed by atoms with Gasteiger partial charge in [-0.3, -0.25) is 9.36 Å². The van der Waals surface area contributed by atoms with E-state index in [2.05, 4.69) is 10.2 Å². The standard InChI is InChI=1S/C12H14N4O2.C2H6/c1-15-6-7(4-13-15)8-3-9(8)11-10(12(17)18)5-14-16(11)2;1-2/h4-6,8-9H,3H2,1-2H3,(H,17,18);1-2H3/t8?,9-;/m1./s1. The zero-order valence-electron chi connectivity index (χ0n) is 12.2. The van der Waals surface area contributed by atoms with Crippen molar-refractivity contribution in [2.45, 2.75) is 32.1 Å². The predicted octanol–water partition coefficient (Wildman–Crippen LogP) is 2.15. The third-order valence-electron chi connectivity index (χ3n) is 3.51. The third kappa shape index (κ3) is 2.45. The van der Waals surface area contributed by atoms with Gasteiger partial charge in [0.15, 0.2) is 0 Å². The smallest absolute Gasteiger partial charge is 0.339 e. The van der Waals surface area contributed by atoms with Crippen LogP contribution >= 0.6 is 0 Å². The van der Waals surface area contributed by atoms with Crippen LogP contribution < -0.4 is 0 Å². The van der Waals surface area contributed by atoms with Crippen LogP contribution in [0.15, 0.2) is 18.6 Å². The number of carboxylic acid groups (broad SMARTS) is 1. The average molecular weight is 276 g/mol. The minimum atomic E-state index is -0.907. The van der Waals surface area contributed by atoms with E-state index in [1.54, 1.807) is 16.4 Å². The van der Waals surface area contributed by atoms with E-state index in [9.17, 15) is 4.79 Å². The molecule has 0 saturated heterocycles. The number of rotatable bonds is 3. The third-order valence-corrected chi connectivity index (χ3v) is 3.51. The predicted molar refractivity (Wildman–Crippen MR) is 74.8 cm³/mol. The summed E-state index contributed by atoms with van der Waals surface area (Å²) < 4.78 is 3.44. The Morgan fingerprint density at radius 3 is 2.50 bits per heavy atom. The normalized spacial score (nSPS) is 20.2. The quantitative estimate of drug-likeness (QED) is 0.932. The minimum Gasteiger partial charge on any atom is -0.478 e. The van der Waals surface area contributed by atoms with Gasteiger partial charge in [-0.05, 0) is 17.9 Å². The molecule has 0 radical (unpaired) electrons. The SMILES string of the molecule is CC.Cn1cc(C2C[C@H]2c2c(C(=O)O)cnn2C)cn1. The number of aromatic nitrogens is 4. The van der Waals surface area contributed by atoms with Crippen molar-refractivity contribution in [2.24, 2.45) is 14.1 Å². The van der Waals surface area contributed by atoms with E-state index in [4.69, 9.17) is 5.11 Å². The zero-order valence-corrected chi connectivity index (χ0v) is 12.2. The fourth-order valence-electron chi connectivity index (χ4n) is 2.55. The molecule has 6 heteroatoms. The molecule has 2 atom stereocenters. The molecule has 6 nitrogen and oxygen atoms in total. The highest BCUT2D eigenvalue weighted by molar-refractivity contribution is 5.89. The van der Waals surface area contributed by atoms with Gasteiger partial charge in [-0.15, -0.1) is 0 Å². The highest BCUT2D eigenvalue weighted by atomic mass is 16.4. The number of aromatic carboxylic acids is 1. The Hall–Kier alpha value is -2.11. The highest BCUT2D eigenvalue weighted by Gasteiger charge is 2.44. The van der Waals surface area contributed by atoms with Gasteiger partial charge in [-0.2, -0.15) is 10.2 Å². The lowest BCUT2D eigenvalue weighted by Gasteiger charge is -2.02. The first-order valence-electron chi connectivity index (χ1n) is 6.81. The van der Waals surface area contributed by atoms with E-state index in [-0.39, 0.29) is 5.92 Å². The van der Waals surface area contributed by atoms with Gasteiger partial charge < -0.3 is 5.11 Å². The van der Waals surface area contributed by atoms with Crippen LogP contribution in [-0.2, 0) is 14.1 Å². The highest BCUT2D eigenvalue weighted by Crippen LogP contribution is 2.55. The van der Waals surface area contributed by atoms with Crippen molar-refractivity contribution in [3.63, 3.8) is 0 Å². The van der Waals surface area contributed by atoms with Gasteiger partial charge >= 0.3 is 5.97 Å². The molecule has 2 aromatic heterocycles. The number of hydrogen-bond acceptors (Lipinski definition) is 3. The lowest BCUT2D eigenvalue weighted by atomic mass is 10.1. The van der Waals surface area contributed by atoms with Gasteiger partial charge in [0.25, 0.3) is 0 Å². The Morgan fingerprint density at radius 1 is 1.25 bits per heavy atom. The molecule has 1 N–H and O–H groups in total. The van der Waals surface area contributed by atoms with E-state index in [1.165, 1.54) is 11.8 Å². The van der Waals surface area contributed by atoms with Gasteiger partial charge in [0.1, 0.15) is 5.56 Å². The second kappa shape index (κ2) is 5.48. The van der Waals surface area contributed by atoms with Crippen molar-refractivity contribution in [3.8, 4) is 0 Å². The molecule has 0 aromatic carbocycles. The topological polar surface area (TPSA) is 72.9 Å². The molecule has 0 amide bonds. The summed E-state index contributed by atoms with van der Waals surface area (Å²) in [5.74, 6) is -0.296. The van der Waals surface area contributed by atoms with Gasteiger partial charge in [0.2, 0.25) is 0 Å². The van der Waals surface area contributed by atoms with Gasteiger partial charge in [0.05, 0.1) is 18.1 Å². The van der Waals surface area contributed by atoms with Crippen LogP contribution in [0, 0.1) is 0 Å². The minimum absolute atomic E-state index is 0.243. The first-order chi connectivity index (χ1) is 9.58. The number of hydrogen-bond donors (Lipinski definition) is 1. The summed E-state index contributed by atoms with van der Waals surface area (Å²) in [5.41, 5.74) is 2.30. The summed E-state index contributed by atoms with van der Waals surface area (Å²) in [6, 6.07) is 0. The molecule has 20 heavy (non-hydrogen) atoms. The van der Waals surface area contributed by atoms with E-state index in [1.807, 2.05) is 33.3 Å². The van der Waals surface area contributed by atoms with Gasteiger partial charge in [0, 0.05) is 26.2 Å². The van der Waals surface area contributed by atoms with Crippen molar-refractivity contribution in [1.29, 1.82) is 0 Å². The first kappa shape index (κ1) is 14.3. The Bertz CT molecular complexity index is 614. The molecular formula is C14H20N4O2. The molecule has 1 fully saturated rings. The van der Waals surface area contributed by atoms with E-state index >= 15 is 0 Å². The maximum Gasteiger partial charge on any atom is 0.339 e. The van der Waals surface area contributed by atoms with E-state index in [0.717, 1.165) is 12.1 Å². The van der Waals surface area contributed by atoms with E-state index in [0.29, 0.717) is 11.5 Å². The maximum absolute atomic E-state index is 11.1. The lowest BCUT2D eigenvalue weighted by molar-refractivity contribution is 0.0695. The van der Waals surface area contributed by atoms with Crippen LogP contribution in [0.3, 0.4) is 0 Å². The molecule has 1 aliphatic carbocycles. The molecule has 3 rings (SSSR count).